The molecule has 1 aromatic heterocycles. The summed E-state index contributed by atoms with van der Waals surface area (Å²) in [6, 6.07) is 27.7. The molecule has 0 amide bonds. The van der Waals surface area contributed by atoms with Crippen LogP contribution in [0.3, 0.4) is 0 Å². The number of esters is 1. The molecular formula is C32H31N3O4. The van der Waals surface area contributed by atoms with Gasteiger partial charge in [0.1, 0.15) is 18.9 Å². The highest BCUT2D eigenvalue weighted by Crippen LogP contribution is 2.30. The van der Waals surface area contributed by atoms with E-state index in [1.165, 1.54) is 5.56 Å². The van der Waals surface area contributed by atoms with Crippen LogP contribution >= 0.6 is 0 Å². The van der Waals surface area contributed by atoms with Crippen LogP contribution in [-0.2, 0) is 44.2 Å². The molecule has 0 spiro atoms. The van der Waals surface area contributed by atoms with Crippen molar-refractivity contribution in [3.8, 4) is 11.3 Å². The fourth-order valence-corrected chi connectivity index (χ4v) is 4.09. The number of aromatic nitrogens is 3. The van der Waals surface area contributed by atoms with Gasteiger partial charge < -0.3 is 14.2 Å². The lowest BCUT2D eigenvalue weighted by molar-refractivity contribution is -0.136. The molecule has 0 fully saturated rings. The lowest BCUT2D eigenvalue weighted by Gasteiger charge is -2.18. The number of cyclic esters (lactones) is 1. The monoisotopic (exact) mass is 521 g/mol. The largest absolute Gasteiger partial charge is 0.481 e. The fourth-order valence-electron chi connectivity index (χ4n) is 4.09. The van der Waals surface area contributed by atoms with Crippen LogP contribution in [0.2, 0.25) is 0 Å². The molecule has 0 N–H and O–H groups in total. The van der Waals surface area contributed by atoms with E-state index in [1.54, 1.807) is 10.8 Å². The summed E-state index contributed by atoms with van der Waals surface area (Å²) < 4.78 is 19.2. The summed E-state index contributed by atoms with van der Waals surface area (Å²) >= 11 is 0. The average molecular weight is 522 g/mol. The molecule has 0 saturated heterocycles. The van der Waals surface area contributed by atoms with Crippen molar-refractivity contribution < 1.29 is 19.0 Å². The van der Waals surface area contributed by atoms with E-state index in [1.807, 2.05) is 66.9 Å². The zero-order valence-corrected chi connectivity index (χ0v) is 22.3. The zero-order chi connectivity index (χ0) is 27.2. The third-order valence-corrected chi connectivity index (χ3v) is 6.32. The van der Waals surface area contributed by atoms with Gasteiger partial charge >= 0.3 is 5.97 Å². The van der Waals surface area contributed by atoms with Crippen LogP contribution in [0.25, 0.3) is 11.3 Å². The van der Waals surface area contributed by atoms with Gasteiger partial charge in [0.15, 0.2) is 5.76 Å². The Bertz CT molecular complexity index is 1480. The summed E-state index contributed by atoms with van der Waals surface area (Å²) in [7, 11) is 0. The molecule has 1 aliphatic heterocycles. The van der Waals surface area contributed by atoms with Crippen LogP contribution in [0, 0.1) is 0 Å². The number of hydrogen-bond donors (Lipinski definition) is 0. The normalized spacial score (nSPS) is 14.5. The quantitative estimate of drug-likeness (QED) is 0.240. The predicted octanol–water partition coefficient (Wildman–Crippen LogP) is 6.33. The zero-order valence-electron chi connectivity index (χ0n) is 22.3. The van der Waals surface area contributed by atoms with Gasteiger partial charge in [0.25, 0.3) is 5.76 Å². The van der Waals surface area contributed by atoms with Crippen LogP contribution in [-0.4, -0.2) is 21.0 Å². The van der Waals surface area contributed by atoms with Gasteiger partial charge in [-0.25, -0.2) is 9.48 Å². The van der Waals surface area contributed by atoms with E-state index < -0.39 is 5.97 Å². The Morgan fingerprint density at radius 2 is 1.41 bits per heavy atom. The van der Waals surface area contributed by atoms with Gasteiger partial charge in [-0.1, -0.05) is 111 Å². The van der Waals surface area contributed by atoms with Gasteiger partial charge in [-0.15, -0.1) is 5.10 Å². The first kappa shape index (κ1) is 26.0. The maximum atomic E-state index is 12.8. The van der Waals surface area contributed by atoms with Crippen molar-refractivity contribution in [2.75, 3.05) is 0 Å². The minimum Gasteiger partial charge on any atom is -0.481 e. The van der Waals surface area contributed by atoms with Crippen molar-refractivity contribution in [1.82, 2.24) is 15.0 Å². The van der Waals surface area contributed by atoms with Crippen molar-refractivity contribution in [2.45, 2.75) is 45.9 Å². The number of rotatable bonds is 9. The first-order chi connectivity index (χ1) is 18.9. The van der Waals surface area contributed by atoms with Gasteiger partial charge in [0.2, 0.25) is 5.76 Å². The van der Waals surface area contributed by atoms with E-state index >= 15 is 0 Å². The second kappa shape index (κ2) is 11.4. The van der Waals surface area contributed by atoms with Crippen molar-refractivity contribution in [1.29, 1.82) is 0 Å². The van der Waals surface area contributed by atoms with E-state index in [9.17, 15) is 4.79 Å². The lowest BCUT2D eigenvalue weighted by Crippen LogP contribution is -2.10. The molecule has 1 aliphatic rings. The number of hydrogen-bond acceptors (Lipinski definition) is 6. The standard InChI is InChI=1S/C32H31N3O4/c1-32(2,3)26-16-14-25(15-17-26)27-20-35(34-33-27)19-18-28-29(37-21-23-10-6-4-7-11-23)30(31(36)39-28)38-22-24-12-8-5-9-13-24/h4-18,20H,19,21-22H2,1-3H3/b28-18-. The molecule has 7 heteroatoms. The Morgan fingerprint density at radius 1 is 0.821 bits per heavy atom. The molecular weight excluding hydrogens is 490 g/mol. The maximum Gasteiger partial charge on any atom is 0.383 e. The molecule has 0 saturated carbocycles. The van der Waals surface area contributed by atoms with E-state index in [4.69, 9.17) is 14.2 Å². The van der Waals surface area contributed by atoms with Crippen LogP contribution < -0.4 is 0 Å². The SMILES string of the molecule is CC(C)(C)c1ccc(-c2cn(C/C=C3\OC(=O)C(OCc4ccccc4)=C3OCc3ccccc3)nn2)cc1. The smallest absolute Gasteiger partial charge is 0.383 e. The Labute approximate surface area is 228 Å². The highest BCUT2D eigenvalue weighted by atomic mass is 16.6. The summed E-state index contributed by atoms with van der Waals surface area (Å²) in [6.07, 6.45) is 3.61. The second-order valence-corrected chi connectivity index (χ2v) is 10.3. The highest BCUT2D eigenvalue weighted by molar-refractivity contribution is 5.91. The minimum absolute atomic E-state index is 0.0549. The third kappa shape index (κ3) is 6.44. The van der Waals surface area contributed by atoms with E-state index in [0.717, 1.165) is 22.4 Å². The highest BCUT2D eigenvalue weighted by Gasteiger charge is 2.34. The molecule has 2 heterocycles. The van der Waals surface area contributed by atoms with Crippen molar-refractivity contribution in [3.05, 3.63) is 131 Å². The fraction of sp³-hybridized carbons (Fsp3) is 0.219. The molecule has 4 aromatic rings. The number of ether oxygens (including phenoxy) is 3. The van der Waals surface area contributed by atoms with Crippen molar-refractivity contribution in [3.63, 3.8) is 0 Å². The molecule has 3 aromatic carbocycles. The third-order valence-electron chi connectivity index (χ3n) is 6.32. The Hall–Kier alpha value is -4.65. The van der Waals surface area contributed by atoms with Crippen LogP contribution in [0.4, 0.5) is 0 Å². The Morgan fingerprint density at radius 3 is 2.00 bits per heavy atom. The van der Waals surface area contributed by atoms with Crippen LogP contribution in [0.1, 0.15) is 37.5 Å². The molecule has 0 aliphatic carbocycles. The Balaban J connectivity index is 1.34. The van der Waals surface area contributed by atoms with Crippen LogP contribution in [0.15, 0.2) is 114 Å². The number of benzene rings is 3. The maximum absolute atomic E-state index is 12.8. The summed E-state index contributed by atoms with van der Waals surface area (Å²) in [6.45, 7) is 7.38. The first-order valence-corrected chi connectivity index (χ1v) is 12.9. The summed E-state index contributed by atoms with van der Waals surface area (Å²) in [5, 5.41) is 8.57. The molecule has 39 heavy (non-hydrogen) atoms. The predicted molar refractivity (Wildman–Crippen MR) is 148 cm³/mol. The molecule has 7 nitrogen and oxygen atoms in total. The number of carbonyl (C=O) groups is 1. The number of allylic oxidation sites excluding steroid dienone is 1. The average Bonchev–Trinajstić information content (AvgIpc) is 3.54. The van der Waals surface area contributed by atoms with Gasteiger partial charge in [-0.2, -0.15) is 0 Å². The second-order valence-electron chi connectivity index (χ2n) is 10.3. The number of carbonyl (C=O) groups excluding carboxylic acids is 1. The Kier molecular flexibility index (Phi) is 7.59. The molecule has 5 rings (SSSR count). The molecule has 0 bridgehead atoms. The van der Waals surface area contributed by atoms with Crippen molar-refractivity contribution in [2.24, 2.45) is 0 Å². The van der Waals surface area contributed by atoms with Crippen LogP contribution in [0.5, 0.6) is 0 Å². The van der Waals surface area contributed by atoms with Gasteiger partial charge in [-0.05, 0) is 28.2 Å². The van der Waals surface area contributed by atoms with E-state index in [-0.39, 0.29) is 30.1 Å². The molecule has 198 valence electrons. The molecule has 0 radical (unpaired) electrons. The van der Waals surface area contributed by atoms with E-state index in [0.29, 0.717) is 12.3 Å². The summed E-state index contributed by atoms with van der Waals surface area (Å²) in [4.78, 5) is 12.8. The topological polar surface area (TPSA) is 75.5 Å². The van der Waals surface area contributed by atoms with Gasteiger partial charge in [-0.3, -0.25) is 0 Å². The van der Waals surface area contributed by atoms with E-state index in [2.05, 4.69) is 55.3 Å². The van der Waals surface area contributed by atoms with Gasteiger partial charge in [0, 0.05) is 5.56 Å². The number of nitrogens with zero attached hydrogens (tertiary/aromatic N) is 3. The molecule has 0 atom stereocenters. The summed E-state index contributed by atoms with van der Waals surface area (Å²) in [5.74, 6) is 0.0428. The summed E-state index contributed by atoms with van der Waals surface area (Å²) in [5.41, 5.74) is 4.98. The minimum atomic E-state index is -0.585. The first-order valence-electron chi connectivity index (χ1n) is 12.9. The van der Waals surface area contributed by atoms with Crippen molar-refractivity contribution >= 4 is 5.97 Å². The molecule has 0 unspecified atom stereocenters. The van der Waals surface area contributed by atoms with Gasteiger partial charge in [0.05, 0.1) is 12.7 Å². The lowest BCUT2D eigenvalue weighted by atomic mass is 9.86.